The second-order valence-corrected chi connectivity index (χ2v) is 4.04. The monoisotopic (exact) mass is 260 g/mol. The molecule has 0 unspecified atom stereocenters. The highest BCUT2D eigenvalue weighted by Crippen LogP contribution is 2.20. The summed E-state index contributed by atoms with van der Waals surface area (Å²) in [6.45, 7) is 5.87. The number of aromatic nitrogens is 2. The number of nitrogens with one attached hydrogen (secondary N) is 1. The van der Waals surface area contributed by atoms with Crippen LogP contribution in [0.4, 0.5) is 21.7 Å². The fourth-order valence-electron chi connectivity index (χ4n) is 1.84. The third-order valence-corrected chi connectivity index (χ3v) is 2.88. The summed E-state index contributed by atoms with van der Waals surface area (Å²) in [7, 11) is 0. The minimum absolute atomic E-state index is 0.300. The molecule has 0 spiro atoms. The first-order valence-corrected chi connectivity index (χ1v) is 6.33. The van der Waals surface area contributed by atoms with Crippen LogP contribution >= 0.6 is 0 Å². The molecule has 0 saturated carbocycles. The van der Waals surface area contributed by atoms with Gasteiger partial charge < -0.3 is 10.2 Å². The normalized spacial score (nSPS) is 10.3. The Morgan fingerprint density at radius 1 is 1.16 bits per heavy atom. The summed E-state index contributed by atoms with van der Waals surface area (Å²) < 4.78 is 13.6. The molecule has 2 aromatic rings. The number of rotatable bonds is 5. The Balaban J connectivity index is 2.22. The molecule has 2 rings (SSSR count). The summed E-state index contributed by atoms with van der Waals surface area (Å²) >= 11 is 0. The molecule has 0 fully saturated rings. The zero-order valence-electron chi connectivity index (χ0n) is 11.1. The molecule has 0 atom stereocenters. The van der Waals surface area contributed by atoms with Crippen LogP contribution in [0, 0.1) is 5.82 Å². The molecule has 0 amide bonds. The molecule has 4 nitrogen and oxygen atoms in total. The van der Waals surface area contributed by atoms with Crippen LogP contribution in [0.2, 0.25) is 0 Å². The largest absolute Gasteiger partial charge is 0.357 e. The fourth-order valence-corrected chi connectivity index (χ4v) is 1.84. The van der Waals surface area contributed by atoms with E-state index in [9.17, 15) is 4.39 Å². The molecule has 1 aromatic carbocycles. The first-order valence-electron chi connectivity index (χ1n) is 6.33. The maximum Gasteiger partial charge on any atom is 0.146 e. The molecule has 0 radical (unpaired) electrons. The molecule has 0 aliphatic carbocycles. The molecule has 19 heavy (non-hydrogen) atoms. The lowest BCUT2D eigenvalue weighted by molar-refractivity contribution is 0.632. The van der Waals surface area contributed by atoms with Gasteiger partial charge in [0.1, 0.15) is 23.8 Å². The number of hydrogen-bond acceptors (Lipinski definition) is 4. The standard InChI is InChI=1S/C14H17FN4/c1-3-19(4-2)14-9-13(16-10-17-14)18-12-8-6-5-7-11(12)15/h5-10H,3-4H2,1-2H3,(H,16,17,18). The lowest BCUT2D eigenvalue weighted by Gasteiger charge is -2.19. The third kappa shape index (κ3) is 3.19. The smallest absolute Gasteiger partial charge is 0.146 e. The van der Waals surface area contributed by atoms with Crippen LogP contribution in [-0.2, 0) is 0 Å². The molecule has 0 aliphatic heterocycles. The van der Waals surface area contributed by atoms with Crippen molar-refractivity contribution in [3.63, 3.8) is 0 Å². The van der Waals surface area contributed by atoms with Gasteiger partial charge in [0.25, 0.3) is 0 Å². The Kier molecular flexibility index (Phi) is 4.28. The summed E-state index contributed by atoms with van der Waals surface area (Å²) in [4.78, 5) is 10.4. The Bertz CT molecular complexity index is 540. The Morgan fingerprint density at radius 2 is 1.89 bits per heavy atom. The van der Waals surface area contributed by atoms with Gasteiger partial charge in [0.15, 0.2) is 0 Å². The molecule has 5 heteroatoms. The third-order valence-electron chi connectivity index (χ3n) is 2.88. The maximum atomic E-state index is 13.6. The summed E-state index contributed by atoms with van der Waals surface area (Å²) in [6.07, 6.45) is 1.48. The van der Waals surface area contributed by atoms with Crippen LogP contribution in [-0.4, -0.2) is 23.1 Å². The van der Waals surface area contributed by atoms with E-state index in [1.807, 2.05) is 6.07 Å². The lowest BCUT2D eigenvalue weighted by atomic mass is 10.3. The van der Waals surface area contributed by atoms with E-state index in [0.29, 0.717) is 11.5 Å². The number of anilines is 3. The first kappa shape index (κ1) is 13.3. The molecule has 1 N–H and O–H groups in total. The SMILES string of the molecule is CCN(CC)c1cc(Nc2ccccc2F)ncn1. The predicted molar refractivity (Wildman–Crippen MR) is 75.3 cm³/mol. The van der Waals surface area contributed by atoms with E-state index in [-0.39, 0.29) is 5.82 Å². The summed E-state index contributed by atoms with van der Waals surface area (Å²) in [6, 6.07) is 8.34. The van der Waals surface area contributed by atoms with Crippen molar-refractivity contribution >= 4 is 17.3 Å². The van der Waals surface area contributed by atoms with Crippen LogP contribution in [0.3, 0.4) is 0 Å². The topological polar surface area (TPSA) is 41.0 Å². The number of hydrogen-bond donors (Lipinski definition) is 1. The highest BCUT2D eigenvalue weighted by molar-refractivity contribution is 5.59. The van der Waals surface area contributed by atoms with E-state index < -0.39 is 0 Å². The Hall–Kier alpha value is -2.17. The number of benzene rings is 1. The van der Waals surface area contributed by atoms with Crippen molar-refractivity contribution < 1.29 is 4.39 Å². The van der Waals surface area contributed by atoms with Gasteiger partial charge in [-0.1, -0.05) is 12.1 Å². The molecule has 100 valence electrons. The van der Waals surface area contributed by atoms with Crippen molar-refractivity contribution in [1.29, 1.82) is 0 Å². The number of halogens is 1. The zero-order valence-corrected chi connectivity index (χ0v) is 11.1. The van der Waals surface area contributed by atoms with Gasteiger partial charge in [-0.15, -0.1) is 0 Å². The van der Waals surface area contributed by atoms with E-state index >= 15 is 0 Å². The maximum absolute atomic E-state index is 13.6. The number of nitrogens with zero attached hydrogens (tertiary/aromatic N) is 3. The van der Waals surface area contributed by atoms with Gasteiger partial charge in [-0.25, -0.2) is 14.4 Å². The van der Waals surface area contributed by atoms with E-state index in [1.165, 1.54) is 12.4 Å². The van der Waals surface area contributed by atoms with Crippen molar-refractivity contribution in [2.24, 2.45) is 0 Å². The van der Waals surface area contributed by atoms with Crippen LogP contribution in [0.25, 0.3) is 0 Å². The van der Waals surface area contributed by atoms with Crippen molar-refractivity contribution in [3.8, 4) is 0 Å². The lowest BCUT2D eigenvalue weighted by Crippen LogP contribution is -2.23. The fraction of sp³-hybridized carbons (Fsp3) is 0.286. The molecule has 0 bridgehead atoms. The van der Waals surface area contributed by atoms with Crippen molar-refractivity contribution in [2.75, 3.05) is 23.3 Å². The summed E-state index contributed by atoms with van der Waals surface area (Å²) in [5, 5.41) is 2.96. The minimum Gasteiger partial charge on any atom is -0.357 e. The molecule has 1 aromatic heterocycles. The first-order chi connectivity index (χ1) is 9.24. The average molecular weight is 260 g/mol. The molecule has 1 heterocycles. The Morgan fingerprint density at radius 3 is 2.58 bits per heavy atom. The second-order valence-electron chi connectivity index (χ2n) is 4.04. The van der Waals surface area contributed by atoms with Gasteiger partial charge in [0, 0.05) is 19.2 Å². The van der Waals surface area contributed by atoms with Gasteiger partial charge in [0.2, 0.25) is 0 Å². The van der Waals surface area contributed by atoms with E-state index in [1.54, 1.807) is 18.2 Å². The molecular formula is C14H17FN4. The van der Waals surface area contributed by atoms with E-state index in [2.05, 4.69) is 34.0 Å². The highest BCUT2D eigenvalue weighted by atomic mass is 19.1. The summed E-state index contributed by atoms with van der Waals surface area (Å²) in [5.74, 6) is 1.12. The average Bonchev–Trinajstić information content (AvgIpc) is 2.43. The van der Waals surface area contributed by atoms with Gasteiger partial charge in [-0.05, 0) is 26.0 Å². The molecule has 0 aliphatic rings. The minimum atomic E-state index is -0.300. The van der Waals surface area contributed by atoms with Gasteiger partial charge in [-0.2, -0.15) is 0 Å². The van der Waals surface area contributed by atoms with Gasteiger partial charge >= 0.3 is 0 Å². The molecular weight excluding hydrogens is 243 g/mol. The van der Waals surface area contributed by atoms with Crippen LogP contribution in [0.15, 0.2) is 36.7 Å². The van der Waals surface area contributed by atoms with Gasteiger partial charge in [-0.3, -0.25) is 0 Å². The van der Waals surface area contributed by atoms with Gasteiger partial charge in [0.05, 0.1) is 5.69 Å². The highest BCUT2D eigenvalue weighted by Gasteiger charge is 2.06. The van der Waals surface area contributed by atoms with Crippen molar-refractivity contribution in [1.82, 2.24) is 9.97 Å². The van der Waals surface area contributed by atoms with Crippen LogP contribution < -0.4 is 10.2 Å². The van der Waals surface area contributed by atoms with Crippen molar-refractivity contribution in [3.05, 3.63) is 42.5 Å². The zero-order chi connectivity index (χ0) is 13.7. The second kappa shape index (κ2) is 6.13. The summed E-state index contributed by atoms with van der Waals surface area (Å²) in [5.41, 5.74) is 0.409. The van der Waals surface area contributed by atoms with E-state index in [0.717, 1.165) is 18.9 Å². The van der Waals surface area contributed by atoms with E-state index in [4.69, 9.17) is 0 Å². The molecule has 0 saturated heterocycles. The number of para-hydroxylation sites is 1. The predicted octanol–water partition coefficient (Wildman–Crippen LogP) is 3.21. The van der Waals surface area contributed by atoms with Crippen LogP contribution in [0.1, 0.15) is 13.8 Å². The van der Waals surface area contributed by atoms with Crippen LogP contribution in [0.5, 0.6) is 0 Å². The quantitative estimate of drug-likeness (QED) is 0.896. The Labute approximate surface area is 112 Å². The van der Waals surface area contributed by atoms with Crippen molar-refractivity contribution in [2.45, 2.75) is 13.8 Å².